The number of benzene rings is 1. The van der Waals surface area contributed by atoms with Gasteiger partial charge in [0.25, 0.3) is 0 Å². The highest BCUT2D eigenvalue weighted by Gasteiger charge is 2.23. The fourth-order valence-corrected chi connectivity index (χ4v) is 3.85. The Balaban J connectivity index is 1.28. The average Bonchev–Trinajstić information content (AvgIpc) is 3.36. The highest BCUT2D eigenvalue weighted by atomic mass is 16.5. The van der Waals surface area contributed by atoms with Gasteiger partial charge in [0.05, 0.1) is 12.6 Å². The molecule has 2 aliphatic rings. The standard InChI is InChI=1S/C21H30N4O2/c1-16(2)17-5-7-18(8-6-17)21-22-20(27-23-21)15-25-11-9-24(10-12-25)14-19-4-3-13-26-19/h5-8,16,19H,3-4,9-15H2,1-2H3. The fraction of sp³-hybridized carbons (Fsp3) is 0.619. The van der Waals surface area contributed by atoms with E-state index >= 15 is 0 Å². The maximum absolute atomic E-state index is 5.75. The van der Waals surface area contributed by atoms with E-state index in [9.17, 15) is 0 Å². The van der Waals surface area contributed by atoms with Crippen LogP contribution in [0.2, 0.25) is 0 Å². The van der Waals surface area contributed by atoms with Crippen molar-refractivity contribution in [2.45, 2.75) is 45.3 Å². The molecule has 27 heavy (non-hydrogen) atoms. The lowest BCUT2D eigenvalue weighted by Gasteiger charge is -2.34. The number of hydrogen-bond donors (Lipinski definition) is 0. The van der Waals surface area contributed by atoms with Crippen molar-refractivity contribution in [1.29, 1.82) is 0 Å². The summed E-state index contributed by atoms with van der Waals surface area (Å²) in [7, 11) is 0. The third kappa shape index (κ3) is 4.75. The van der Waals surface area contributed by atoms with Gasteiger partial charge in [-0.2, -0.15) is 4.98 Å². The van der Waals surface area contributed by atoms with Crippen molar-refractivity contribution in [2.24, 2.45) is 0 Å². The topological polar surface area (TPSA) is 54.6 Å². The van der Waals surface area contributed by atoms with Crippen LogP contribution in [0.15, 0.2) is 28.8 Å². The molecule has 3 heterocycles. The Morgan fingerprint density at radius 1 is 1.07 bits per heavy atom. The fourth-order valence-electron chi connectivity index (χ4n) is 3.85. The number of aromatic nitrogens is 2. The second-order valence-electron chi connectivity index (χ2n) is 8.00. The van der Waals surface area contributed by atoms with E-state index in [0.29, 0.717) is 23.7 Å². The maximum atomic E-state index is 5.75. The summed E-state index contributed by atoms with van der Waals surface area (Å²) < 4.78 is 11.3. The van der Waals surface area contributed by atoms with Gasteiger partial charge >= 0.3 is 0 Å². The number of piperazine rings is 1. The van der Waals surface area contributed by atoms with Gasteiger partial charge in [0.15, 0.2) is 0 Å². The summed E-state index contributed by atoms with van der Waals surface area (Å²) in [6.07, 6.45) is 2.87. The lowest BCUT2D eigenvalue weighted by molar-refractivity contribution is 0.0468. The van der Waals surface area contributed by atoms with Crippen molar-refractivity contribution in [2.75, 3.05) is 39.3 Å². The van der Waals surface area contributed by atoms with Gasteiger partial charge in [-0.25, -0.2) is 0 Å². The average molecular weight is 370 g/mol. The van der Waals surface area contributed by atoms with E-state index in [1.54, 1.807) is 0 Å². The van der Waals surface area contributed by atoms with Crippen LogP contribution in [0, 0.1) is 0 Å². The van der Waals surface area contributed by atoms with Crippen molar-refractivity contribution in [3.8, 4) is 11.4 Å². The molecule has 4 rings (SSSR count). The van der Waals surface area contributed by atoms with Crippen molar-refractivity contribution in [1.82, 2.24) is 19.9 Å². The highest BCUT2D eigenvalue weighted by Crippen LogP contribution is 2.21. The van der Waals surface area contributed by atoms with Crippen LogP contribution >= 0.6 is 0 Å². The Bertz CT molecular complexity index is 714. The van der Waals surface area contributed by atoms with E-state index in [1.165, 1.54) is 18.4 Å². The molecule has 0 aliphatic carbocycles. The van der Waals surface area contributed by atoms with Crippen LogP contribution < -0.4 is 0 Å². The van der Waals surface area contributed by atoms with Gasteiger partial charge in [0, 0.05) is 44.9 Å². The quantitative estimate of drug-likeness (QED) is 0.779. The van der Waals surface area contributed by atoms with Gasteiger partial charge in [0.1, 0.15) is 0 Å². The Morgan fingerprint density at radius 3 is 2.48 bits per heavy atom. The van der Waals surface area contributed by atoms with Gasteiger partial charge in [-0.05, 0) is 24.3 Å². The molecule has 2 aromatic rings. The van der Waals surface area contributed by atoms with E-state index in [-0.39, 0.29) is 0 Å². The van der Waals surface area contributed by atoms with E-state index in [1.807, 2.05) is 0 Å². The molecule has 6 nitrogen and oxygen atoms in total. The predicted octanol–water partition coefficient (Wildman–Crippen LogP) is 3.16. The van der Waals surface area contributed by atoms with Crippen LogP contribution in [-0.4, -0.2) is 65.4 Å². The molecule has 0 amide bonds. The third-order valence-electron chi connectivity index (χ3n) is 5.61. The van der Waals surface area contributed by atoms with Crippen LogP contribution in [0.3, 0.4) is 0 Å². The Morgan fingerprint density at radius 2 is 1.81 bits per heavy atom. The lowest BCUT2D eigenvalue weighted by Crippen LogP contribution is -2.48. The first kappa shape index (κ1) is 18.6. The molecule has 146 valence electrons. The second kappa shape index (κ2) is 8.50. The SMILES string of the molecule is CC(C)c1ccc(-c2noc(CN3CCN(CC4CCCO4)CC3)n2)cc1. The minimum absolute atomic E-state index is 0.442. The van der Waals surface area contributed by atoms with Gasteiger partial charge in [-0.3, -0.25) is 9.80 Å². The molecule has 0 bridgehead atoms. The van der Waals surface area contributed by atoms with Crippen LogP contribution in [0.5, 0.6) is 0 Å². The first-order valence-electron chi connectivity index (χ1n) is 10.2. The number of ether oxygens (including phenoxy) is 1. The van der Waals surface area contributed by atoms with Crippen molar-refractivity contribution in [3.05, 3.63) is 35.7 Å². The Hall–Kier alpha value is -1.76. The third-order valence-corrected chi connectivity index (χ3v) is 5.61. The zero-order chi connectivity index (χ0) is 18.6. The molecular weight excluding hydrogens is 340 g/mol. The summed E-state index contributed by atoms with van der Waals surface area (Å²) in [6.45, 7) is 11.4. The second-order valence-corrected chi connectivity index (χ2v) is 8.00. The lowest BCUT2D eigenvalue weighted by atomic mass is 10.0. The van der Waals surface area contributed by atoms with Crippen LogP contribution in [0.1, 0.15) is 44.1 Å². The van der Waals surface area contributed by atoms with Crippen LogP contribution in [0.25, 0.3) is 11.4 Å². The molecule has 2 saturated heterocycles. The Labute approximate surface area is 161 Å². The molecule has 1 aromatic carbocycles. The molecular formula is C21H30N4O2. The van der Waals surface area contributed by atoms with E-state index in [0.717, 1.165) is 51.4 Å². The van der Waals surface area contributed by atoms with E-state index in [4.69, 9.17) is 9.26 Å². The molecule has 0 spiro atoms. The molecule has 0 saturated carbocycles. The van der Waals surface area contributed by atoms with Gasteiger partial charge < -0.3 is 9.26 Å². The normalized spacial score (nSPS) is 22.0. The summed E-state index contributed by atoms with van der Waals surface area (Å²) >= 11 is 0. The molecule has 0 N–H and O–H groups in total. The minimum atomic E-state index is 0.442. The monoisotopic (exact) mass is 370 g/mol. The summed E-state index contributed by atoms with van der Waals surface area (Å²) in [5.74, 6) is 1.90. The smallest absolute Gasteiger partial charge is 0.241 e. The first-order valence-corrected chi connectivity index (χ1v) is 10.2. The van der Waals surface area contributed by atoms with Gasteiger partial charge in [0.2, 0.25) is 11.7 Å². The molecule has 2 aliphatic heterocycles. The first-order chi connectivity index (χ1) is 13.2. The number of rotatable bonds is 6. The van der Waals surface area contributed by atoms with Gasteiger partial charge in [-0.1, -0.05) is 43.3 Å². The summed E-state index contributed by atoms with van der Waals surface area (Å²) in [6, 6.07) is 8.44. The highest BCUT2D eigenvalue weighted by molar-refractivity contribution is 5.54. The maximum Gasteiger partial charge on any atom is 0.241 e. The largest absolute Gasteiger partial charge is 0.377 e. The van der Waals surface area contributed by atoms with E-state index in [2.05, 4.69) is 58.1 Å². The Kier molecular flexibility index (Phi) is 5.86. The summed E-state index contributed by atoms with van der Waals surface area (Å²) in [5.41, 5.74) is 2.33. The zero-order valence-electron chi connectivity index (χ0n) is 16.4. The molecule has 1 aromatic heterocycles. The number of hydrogen-bond acceptors (Lipinski definition) is 6. The summed E-state index contributed by atoms with van der Waals surface area (Å²) in [5, 5.41) is 4.17. The molecule has 0 radical (unpaired) electrons. The van der Waals surface area contributed by atoms with Crippen molar-refractivity contribution < 1.29 is 9.26 Å². The summed E-state index contributed by atoms with van der Waals surface area (Å²) in [4.78, 5) is 9.51. The number of nitrogens with zero attached hydrogens (tertiary/aromatic N) is 4. The van der Waals surface area contributed by atoms with Crippen LogP contribution in [-0.2, 0) is 11.3 Å². The predicted molar refractivity (Wildman–Crippen MR) is 105 cm³/mol. The van der Waals surface area contributed by atoms with E-state index < -0.39 is 0 Å². The van der Waals surface area contributed by atoms with Crippen molar-refractivity contribution >= 4 is 0 Å². The molecule has 1 atom stereocenters. The van der Waals surface area contributed by atoms with Crippen molar-refractivity contribution in [3.63, 3.8) is 0 Å². The van der Waals surface area contributed by atoms with Crippen LogP contribution in [0.4, 0.5) is 0 Å². The zero-order valence-corrected chi connectivity index (χ0v) is 16.4. The minimum Gasteiger partial charge on any atom is -0.377 e. The molecule has 2 fully saturated rings. The molecule has 6 heteroatoms. The van der Waals surface area contributed by atoms with Gasteiger partial charge in [-0.15, -0.1) is 0 Å². The molecule has 1 unspecified atom stereocenters.